The fraction of sp³-hybridized carbons (Fsp3) is 0.412. The summed E-state index contributed by atoms with van der Waals surface area (Å²) in [7, 11) is 7.99. The van der Waals surface area contributed by atoms with Crippen molar-refractivity contribution in [3.63, 3.8) is 0 Å². The van der Waals surface area contributed by atoms with E-state index in [0.717, 1.165) is 97.4 Å². The largest absolute Gasteiger partial charge is 0.496 e. The molecule has 25 heteroatoms. The summed E-state index contributed by atoms with van der Waals surface area (Å²) in [4.78, 5) is 20.6. The van der Waals surface area contributed by atoms with Gasteiger partial charge in [0.25, 0.3) is 0 Å². The van der Waals surface area contributed by atoms with Crippen molar-refractivity contribution in [1.82, 2.24) is 24.9 Å². The first-order valence-corrected chi connectivity index (χ1v) is 48.7. The summed E-state index contributed by atoms with van der Waals surface area (Å²) >= 11 is 5.80. The van der Waals surface area contributed by atoms with Crippen LogP contribution in [0, 0.1) is 65.3 Å². The fourth-order valence-corrected chi connectivity index (χ4v) is 13.4. The maximum absolute atomic E-state index is 12.9. The molecule has 0 unspecified atom stereocenters. The Morgan fingerprint density at radius 1 is 0.340 bits per heavy atom. The van der Waals surface area contributed by atoms with Crippen LogP contribution in [-0.2, 0) is 6.18 Å². The molecule has 16 nitrogen and oxygen atoms in total. The first-order chi connectivity index (χ1) is 67.9. The number of hydrogen-bond donors (Lipinski definition) is 0. The van der Waals surface area contributed by atoms with Gasteiger partial charge < -0.3 is 37.9 Å². The van der Waals surface area contributed by atoms with Crippen molar-refractivity contribution in [1.29, 1.82) is 15.8 Å². The van der Waals surface area contributed by atoms with Gasteiger partial charge in [0, 0.05) is 54.1 Å². The van der Waals surface area contributed by atoms with Gasteiger partial charge in [0.15, 0.2) is 0 Å². The molecule has 780 valence electrons. The maximum Gasteiger partial charge on any atom is 0.416 e. The minimum Gasteiger partial charge on any atom is -0.496 e. The molecule has 0 N–H and O–H groups in total. The summed E-state index contributed by atoms with van der Waals surface area (Å²) < 4.78 is 140. The average Bonchev–Trinajstić information content (AvgIpc) is 0.818. The van der Waals surface area contributed by atoms with Crippen LogP contribution in [0.15, 0.2) is 225 Å². The molecule has 7 aromatic carbocycles. The summed E-state index contributed by atoms with van der Waals surface area (Å²) in [5.41, 5.74) is 16.0. The van der Waals surface area contributed by atoms with E-state index in [1.807, 2.05) is 184 Å². The van der Waals surface area contributed by atoms with Crippen LogP contribution in [0.5, 0.6) is 46.1 Å². The van der Waals surface area contributed by atoms with E-state index in [9.17, 15) is 35.1 Å². The van der Waals surface area contributed by atoms with Gasteiger partial charge in [-0.15, -0.1) is 0 Å². The number of methoxy groups -OCH3 is 5. The molecule has 0 atom stereocenters. The van der Waals surface area contributed by atoms with Crippen molar-refractivity contribution in [3.05, 3.63) is 348 Å². The van der Waals surface area contributed by atoms with Crippen LogP contribution >= 0.6 is 11.6 Å². The van der Waals surface area contributed by atoms with Crippen LogP contribution in [0.3, 0.4) is 0 Å². The van der Waals surface area contributed by atoms with E-state index < -0.39 is 24.2 Å². The topological polar surface area (TPSA) is 210 Å². The third-order valence-electron chi connectivity index (χ3n) is 21.2. The second kappa shape index (κ2) is 69.0. The van der Waals surface area contributed by atoms with Crippen molar-refractivity contribution in [3.8, 4) is 64.3 Å². The Balaban J connectivity index is 0.000000788. The number of rotatable bonds is 23. The first-order valence-electron chi connectivity index (χ1n) is 48.3. The molecule has 0 radical (unpaired) electrons. The standard InChI is InChI=1S/C12H15NO.C11H13F3O.C11H15FO.C11H13NO.C11H13N.C10H11F3O.C10H13FO.C10H15NO.C9H12ClNO.3C8H11N/c1-4-14-12-6-5-10(8-13)7-11(12)9(2)3;1-7(2)9-6-8(11(12,13)14)4-5-10(9)15-3;1-4-13-11-6-5-9(12)7-10(11)8(2)3;1-8(2)10-6-9(7-12)4-5-11(10)13-3;1-8(2)11-6-10(7-12)5-4-9(11)3;1-6(2)8-5-7(11)3-4-9(8)14-10(12)13;1-7(2)9-6-8(11)4-5-10(9)12-3;1-7(2)10-9(12-4)6-5-8(3)11-10;1-6(2)8-4-7(10)5-11-9(8)12-3;1-7(2)8-3-5-9-6-4-8;1-7(2)8-4-3-5-9-6-8;1-7(2)8-5-3-4-6-9-8/h5-7,9H,4H2,1-3H3;4-7H,1-3H3;5-8H,4H2,1-3H3;4-6,8H,1-3H3;4-6,8H,1-3H3;3-6,10H,1-2H3;4-7H,1-3H3;5-7H,1-4H3;4-6H,1-3H3;3*3-7H,1-2H3. The van der Waals surface area contributed by atoms with Crippen molar-refractivity contribution in [2.45, 2.75) is 278 Å². The van der Waals surface area contributed by atoms with Crippen molar-refractivity contribution in [2.24, 2.45) is 0 Å². The van der Waals surface area contributed by atoms with E-state index in [0.29, 0.717) is 99.5 Å². The van der Waals surface area contributed by atoms with Gasteiger partial charge in [0.1, 0.15) is 57.7 Å². The number of benzene rings is 7. The molecule has 0 aliphatic heterocycles. The number of hydrogen-bond acceptors (Lipinski definition) is 16. The molecule has 12 rings (SSSR count). The SMILES string of the molecule is CC(C)c1cc(F)ccc1OC(F)F.CC(C)c1ccccn1.CC(C)c1cccnc1.CC(C)c1ccncc1.CCOc1ccc(C#N)cc1C(C)C.CCOc1ccc(F)cc1C(C)C.COc1ccc(C#N)cc1C(C)C.COc1ccc(C(F)(F)F)cc1C(C)C.COc1ccc(C)nc1C(C)C.COc1ccc(F)cc1C(C)C.COc1ncc(Cl)cc1C(C)C.Cc1ccc(C#N)cc1C(C)C. The monoisotopic (exact) mass is 2010 g/mol. The first kappa shape index (κ1) is 129. The molecule has 144 heavy (non-hydrogen) atoms. The quantitative estimate of drug-likeness (QED) is 0.0545. The molecule has 0 spiro atoms. The molecule has 0 amide bonds. The lowest BCUT2D eigenvalue weighted by atomic mass is 9.96. The van der Waals surface area contributed by atoms with Crippen molar-refractivity contribution in [2.75, 3.05) is 48.8 Å². The van der Waals surface area contributed by atoms with Crippen LogP contribution in [0.2, 0.25) is 5.02 Å². The highest BCUT2D eigenvalue weighted by Gasteiger charge is 2.31. The zero-order valence-electron chi connectivity index (χ0n) is 90.5. The van der Waals surface area contributed by atoms with Gasteiger partial charge in [-0.1, -0.05) is 196 Å². The third kappa shape index (κ3) is 48.8. The Bertz CT molecular complexity index is 5530. The number of ether oxygens (including phenoxy) is 8. The average molecular weight is 2010 g/mol. The highest BCUT2D eigenvalue weighted by atomic mass is 35.5. The lowest BCUT2D eigenvalue weighted by Gasteiger charge is -2.14. The van der Waals surface area contributed by atoms with Gasteiger partial charge in [-0.2, -0.15) is 37.7 Å². The molecule has 0 aliphatic carbocycles. The third-order valence-corrected chi connectivity index (χ3v) is 21.4. The number of alkyl halides is 5. The smallest absolute Gasteiger partial charge is 0.416 e. The predicted octanol–water partition coefficient (Wildman–Crippen LogP) is 34.5. The van der Waals surface area contributed by atoms with Gasteiger partial charge in [0.2, 0.25) is 5.88 Å². The molecule has 0 fully saturated rings. The van der Waals surface area contributed by atoms with E-state index in [4.69, 9.17) is 60.5 Å². The molecule has 0 bridgehead atoms. The summed E-state index contributed by atoms with van der Waals surface area (Å²) in [5, 5.41) is 26.8. The van der Waals surface area contributed by atoms with Crippen LogP contribution in [-0.4, -0.2) is 80.3 Å². The molecule has 0 saturated heterocycles. The lowest BCUT2D eigenvalue weighted by Crippen LogP contribution is -2.06. The highest BCUT2D eigenvalue weighted by Crippen LogP contribution is 2.38. The molecule has 12 aromatic rings. The summed E-state index contributed by atoms with van der Waals surface area (Å²) in [5.74, 6) is 8.85. The van der Waals surface area contributed by atoms with E-state index in [1.165, 1.54) is 71.8 Å². The number of aromatic nitrogens is 5. The van der Waals surface area contributed by atoms with Gasteiger partial charge in [0.05, 0.1) is 99.9 Å². The lowest BCUT2D eigenvalue weighted by molar-refractivity contribution is -0.137. The Morgan fingerprint density at radius 3 is 1.09 bits per heavy atom. The molecular formula is C119H153ClF8N8O8. The maximum atomic E-state index is 12.9. The predicted molar refractivity (Wildman–Crippen MR) is 571 cm³/mol. The van der Waals surface area contributed by atoms with Gasteiger partial charge in [-0.05, 0) is 324 Å². The fourth-order valence-electron chi connectivity index (χ4n) is 13.3. The van der Waals surface area contributed by atoms with E-state index in [2.05, 4.69) is 172 Å². The van der Waals surface area contributed by atoms with Crippen LogP contribution < -0.4 is 37.9 Å². The van der Waals surface area contributed by atoms with Crippen molar-refractivity contribution < 1.29 is 73.0 Å². The van der Waals surface area contributed by atoms with E-state index >= 15 is 0 Å². The Kier molecular flexibility index (Phi) is 61.7. The zero-order valence-corrected chi connectivity index (χ0v) is 91.3. The van der Waals surface area contributed by atoms with Gasteiger partial charge in [-0.3, -0.25) is 19.9 Å². The van der Waals surface area contributed by atoms with Crippen molar-refractivity contribution >= 4 is 11.6 Å². The second-order valence-electron chi connectivity index (χ2n) is 36.5. The number of aryl methyl sites for hydroxylation is 2. The minimum absolute atomic E-state index is 0.00208. The summed E-state index contributed by atoms with van der Waals surface area (Å²) in [6.07, 6.45) is 6.48. The molecule has 5 aromatic heterocycles. The Hall–Kier alpha value is -13.1. The number of nitrogens with zero attached hydrogens (tertiary/aromatic N) is 8. The molecule has 0 saturated carbocycles. The van der Waals surface area contributed by atoms with Gasteiger partial charge in [-0.25, -0.2) is 18.2 Å². The Labute approximate surface area is 859 Å². The van der Waals surface area contributed by atoms with E-state index in [-0.39, 0.29) is 41.1 Å². The molecular weight excluding hydrogens is 1860 g/mol. The summed E-state index contributed by atoms with van der Waals surface area (Å²) in [6, 6.07) is 59.6. The second-order valence-corrected chi connectivity index (χ2v) is 37.0. The number of pyridine rings is 5. The number of nitriles is 3. The van der Waals surface area contributed by atoms with Crippen LogP contribution in [0.25, 0.3) is 0 Å². The van der Waals surface area contributed by atoms with Crippen LogP contribution in [0.1, 0.15) is 352 Å². The minimum atomic E-state index is -4.30. The van der Waals surface area contributed by atoms with Gasteiger partial charge >= 0.3 is 12.8 Å². The highest BCUT2D eigenvalue weighted by molar-refractivity contribution is 6.30. The normalized spacial score (nSPS) is 10.4. The zero-order chi connectivity index (χ0) is 109. The summed E-state index contributed by atoms with van der Waals surface area (Å²) in [6.45, 7) is 55.7. The molecule has 5 heterocycles. The Morgan fingerprint density at radius 2 is 0.729 bits per heavy atom. The van der Waals surface area contributed by atoms with E-state index in [1.54, 1.807) is 78.9 Å². The number of halogens is 9. The molecule has 0 aliphatic rings. The van der Waals surface area contributed by atoms with Crippen LogP contribution in [0.4, 0.5) is 35.1 Å².